The zero-order valence-electron chi connectivity index (χ0n) is 4.39. The van der Waals surface area contributed by atoms with Gasteiger partial charge in [0.05, 0.1) is 12.3 Å². The van der Waals surface area contributed by atoms with Crippen LogP contribution in [0, 0.1) is 0 Å². The quantitative estimate of drug-likeness (QED) is 0.505. The molecule has 0 rings (SSSR count). The summed E-state index contributed by atoms with van der Waals surface area (Å²) in [6.07, 6.45) is 1.72. The van der Waals surface area contributed by atoms with Crippen LogP contribution in [0.1, 0.15) is 6.92 Å². The van der Waals surface area contributed by atoms with Crippen LogP contribution in [0.5, 0.6) is 0 Å². The third kappa shape index (κ3) is 2.11. The molecule has 0 aliphatic carbocycles. The van der Waals surface area contributed by atoms with E-state index in [1.54, 1.807) is 13.0 Å². The van der Waals surface area contributed by atoms with E-state index in [9.17, 15) is 0 Å². The largest absolute Gasteiger partial charge is 0.390 e. The maximum Gasteiger partial charge on any atom is 0.0849 e. The number of hydrogen-bond donors (Lipinski definition) is 1. The summed E-state index contributed by atoms with van der Waals surface area (Å²) in [4.78, 5) is 3.49. The van der Waals surface area contributed by atoms with E-state index < -0.39 is 0 Å². The molecular weight excluding hydrogens is 90.1 g/mol. The second-order valence-electron chi connectivity index (χ2n) is 1.10. The van der Waals surface area contributed by atoms with Crippen molar-refractivity contribution < 1.29 is 5.11 Å². The van der Waals surface area contributed by atoms with Crippen LogP contribution in [0.2, 0.25) is 0 Å². The molecule has 0 bridgehead atoms. The van der Waals surface area contributed by atoms with E-state index in [2.05, 4.69) is 11.7 Å². The molecule has 1 N–H and O–H groups in total. The van der Waals surface area contributed by atoms with Gasteiger partial charge in [0, 0.05) is 0 Å². The van der Waals surface area contributed by atoms with Gasteiger partial charge in [-0.05, 0) is 13.6 Å². The Labute approximate surface area is 43.2 Å². The molecule has 7 heavy (non-hydrogen) atoms. The third-order valence-electron chi connectivity index (χ3n) is 0.698. The van der Waals surface area contributed by atoms with Crippen molar-refractivity contribution in [3.63, 3.8) is 0 Å². The lowest BCUT2D eigenvalue weighted by molar-refractivity contribution is 0.330. The summed E-state index contributed by atoms with van der Waals surface area (Å²) in [5.41, 5.74) is 0.625. The highest BCUT2D eigenvalue weighted by atomic mass is 16.3. The van der Waals surface area contributed by atoms with E-state index in [-0.39, 0.29) is 6.61 Å². The van der Waals surface area contributed by atoms with Gasteiger partial charge >= 0.3 is 0 Å². The first-order chi connectivity index (χ1) is 3.35. The van der Waals surface area contributed by atoms with Crippen LogP contribution in [0.25, 0.3) is 0 Å². The van der Waals surface area contributed by atoms with Gasteiger partial charge in [-0.1, -0.05) is 6.08 Å². The minimum Gasteiger partial charge on any atom is -0.390 e. The van der Waals surface area contributed by atoms with Crippen LogP contribution in [0.15, 0.2) is 16.8 Å². The van der Waals surface area contributed by atoms with Crippen LogP contribution >= 0.6 is 0 Å². The summed E-state index contributed by atoms with van der Waals surface area (Å²) in [6.45, 7) is 5.02. The molecule has 0 aromatic heterocycles. The van der Waals surface area contributed by atoms with Crippen molar-refractivity contribution >= 4 is 6.72 Å². The van der Waals surface area contributed by atoms with Crippen LogP contribution in [-0.4, -0.2) is 18.4 Å². The normalized spacial score (nSPS) is 11.4. The second-order valence-corrected chi connectivity index (χ2v) is 1.10. The molecule has 0 radical (unpaired) electrons. The zero-order valence-corrected chi connectivity index (χ0v) is 4.39. The van der Waals surface area contributed by atoms with Crippen molar-refractivity contribution in [1.29, 1.82) is 0 Å². The molecule has 0 fully saturated rings. The van der Waals surface area contributed by atoms with Gasteiger partial charge in [0.1, 0.15) is 0 Å². The Morgan fingerprint density at radius 3 is 2.57 bits per heavy atom. The molecule has 2 heteroatoms. The fourth-order valence-corrected chi connectivity index (χ4v) is 0.233. The summed E-state index contributed by atoms with van der Waals surface area (Å²) in [6, 6.07) is 0. The van der Waals surface area contributed by atoms with Crippen LogP contribution in [0.4, 0.5) is 0 Å². The third-order valence-corrected chi connectivity index (χ3v) is 0.698. The first-order valence-electron chi connectivity index (χ1n) is 2.08. The topological polar surface area (TPSA) is 32.6 Å². The average molecular weight is 99.1 g/mol. The first kappa shape index (κ1) is 6.37. The van der Waals surface area contributed by atoms with E-state index in [0.29, 0.717) is 5.70 Å². The second kappa shape index (κ2) is 3.56. The fraction of sp³-hybridized carbons (Fsp3) is 0.400. The Kier molecular flexibility index (Phi) is 3.24. The molecular formula is C5H9NO. The van der Waals surface area contributed by atoms with Crippen molar-refractivity contribution in [2.24, 2.45) is 4.99 Å². The average Bonchev–Trinajstić information content (AvgIpc) is 1.72. The SMILES string of the molecule is C=NC(=CC)CO. The molecule has 0 saturated carbocycles. The Hall–Kier alpha value is -0.630. The Bertz CT molecular complexity index is 86.1. The predicted molar refractivity (Wildman–Crippen MR) is 30.4 cm³/mol. The number of allylic oxidation sites excluding steroid dienone is 1. The van der Waals surface area contributed by atoms with E-state index in [4.69, 9.17) is 5.11 Å². The van der Waals surface area contributed by atoms with Gasteiger partial charge in [-0.15, -0.1) is 0 Å². The predicted octanol–water partition coefficient (Wildman–Crippen LogP) is 0.583. The number of hydrogen-bond acceptors (Lipinski definition) is 2. The number of nitrogens with zero attached hydrogens (tertiary/aromatic N) is 1. The van der Waals surface area contributed by atoms with Gasteiger partial charge in [-0.25, -0.2) is 0 Å². The van der Waals surface area contributed by atoms with Crippen molar-refractivity contribution in [3.8, 4) is 0 Å². The zero-order chi connectivity index (χ0) is 5.70. The first-order valence-corrected chi connectivity index (χ1v) is 2.08. The highest BCUT2D eigenvalue weighted by Gasteiger charge is 1.80. The minimum atomic E-state index is -0.0139. The molecule has 0 unspecified atom stereocenters. The molecule has 0 aliphatic rings. The maximum atomic E-state index is 8.32. The monoisotopic (exact) mass is 99.1 g/mol. The van der Waals surface area contributed by atoms with Gasteiger partial charge in [0.15, 0.2) is 0 Å². The minimum absolute atomic E-state index is 0.0139. The molecule has 0 heterocycles. The number of aliphatic hydroxyl groups is 1. The van der Waals surface area contributed by atoms with Crippen molar-refractivity contribution in [2.75, 3.05) is 6.61 Å². The number of rotatable bonds is 2. The van der Waals surface area contributed by atoms with Crippen molar-refractivity contribution in [2.45, 2.75) is 6.92 Å². The molecule has 40 valence electrons. The van der Waals surface area contributed by atoms with Gasteiger partial charge in [-0.2, -0.15) is 0 Å². The summed E-state index contributed by atoms with van der Waals surface area (Å²) >= 11 is 0. The van der Waals surface area contributed by atoms with Crippen LogP contribution in [-0.2, 0) is 0 Å². The fourth-order valence-electron chi connectivity index (χ4n) is 0.233. The van der Waals surface area contributed by atoms with E-state index in [1.807, 2.05) is 0 Å². The molecule has 0 amide bonds. The molecule has 0 spiro atoms. The van der Waals surface area contributed by atoms with E-state index in [0.717, 1.165) is 0 Å². The van der Waals surface area contributed by atoms with Crippen LogP contribution in [0.3, 0.4) is 0 Å². The molecule has 2 nitrogen and oxygen atoms in total. The Morgan fingerprint density at radius 2 is 2.57 bits per heavy atom. The van der Waals surface area contributed by atoms with Crippen molar-refractivity contribution in [1.82, 2.24) is 0 Å². The van der Waals surface area contributed by atoms with E-state index >= 15 is 0 Å². The lowest BCUT2D eigenvalue weighted by atomic mass is 10.4. The molecule has 0 atom stereocenters. The number of aliphatic hydroxyl groups excluding tert-OH is 1. The standard InChI is InChI=1S/C5H9NO/c1-3-5(4-7)6-2/h3,7H,2,4H2,1H3. The van der Waals surface area contributed by atoms with Gasteiger partial charge < -0.3 is 5.11 Å². The molecule has 0 aromatic carbocycles. The smallest absolute Gasteiger partial charge is 0.0849 e. The summed E-state index contributed by atoms with van der Waals surface area (Å²) < 4.78 is 0. The lowest BCUT2D eigenvalue weighted by Crippen LogP contribution is -1.82. The molecule has 0 aromatic rings. The summed E-state index contributed by atoms with van der Waals surface area (Å²) in [5, 5.41) is 8.32. The van der Waals surface area contributed by atoms with Crippen LogP contribution < -0.4 is 0 Å². The van der Waals surface area contributed by atoms with Gasteiger partial charge in [0.25, 0.3) is 0 Å². The van der Waals surface area contributed by atoms with E-state index in [1.165, 1.54) is 0 Å². The Balaban J connectivity index is 3.60. The summed E-state index contributed by atoms with van der Waals surface area (Å²) in [7, 11) is 0. The highest BCUT2D eigenvalue weighted by Crippen LogP contribution is 1.89. The lowest BCUT2D eigenvalue weighted by Gasteiger charge is -1.87. The summed E-state index contributed by atoms with van der Waals surface area (Å²) in [5.74, 6) is 0. The highest BCUT2D eigenvalue weighted by molar-refractivity contribution is 5.28. The molecule has 0 saturated heterocycles. The number of aliphatic imine (C=N–C) groups is 1. The van der Waals surface area contributed by atoms with Gasteiger partial charge in [-0.3, -0.25) is 4.99 Å². The van der Waals surface area contributed by atoms with Crippen molar-refractivity contribution in [3.05, 3.63) is 11.8 Å². The Morgan fingerprint density at radius 1 is 2.00 bits per heavy atom. The maximum absolute atomic E-state index is 8.32. The molecule has 0 aliphatic heterocycles. The van der Waals surface area contributed by atoms with Gasteiger partial charge in [0.2, 0.25) is 0 Å².